The SMILES string of the molecule is O=C(c1ccsc1)N1CCN2C(=O)c3ccncc3C12c1ccc(Cl)cc1. The Kier molecular flexibility index (Phi) is 3.60. The Morgan fingerprint density at radius 3 is 2.70 bits per heavy atom. The zero-order valence-corrected chi connectivity index (χ0v) is 15.7. The Morgan fingerprint density at radius 2 is 1.96 bits per heavy atom. The first kappa shape index (κ1) is 16.5. The first-order chi connectivity index (χ1) is 13.1. The summed E-state index contributed by atoms with van der Waals surface area (Å²) in [6, 6.07) is 10.9. The van der Waals surface area contributed by atoms with Gasteiger partial charge in [0.05, 0.1) is 11.1 Å². The van der Waals surface area contributed by atoms with Crippen molar-refractivity contribution in [2.45, 2.75) is 5.66 Å². The number of pyridine rings is 1. The lowest BCUT2D eigenvalue weighted by atomic mass is 9.90. The molecule has 0 aliphatic carbocycles. The third-order valence-corrected chi connectivity index (χ3v) is 6.20. The molecule has 2 aliphatic rings. The highest BCUT2D eigenvalue weighted by molar-refractivity contribution is 7.08. The van der Waals surface area contributed by atoms with Crippen LogP contribution in [0.3, 0.4) is 0 Å². The quantitative estimate of drug-likeness (QED) is 0.666. The molecular weight excluding hydrogens is 382 g/mol. The summed E-state index contributed by atoms with van der Waals surface area (Å²) in [4.78, 5) is 34.3. The van der Waals surface area contributed by atoms with Crippen LogP contribution in [0.15, 0.2) is 59.6 Å². The van der Waals surface area contributed by atoms with Crippen molar-refractivity contribution < 1.29 is 9.59 Å². The van der Waals surface area contributed by atoms with E-state index in [4.69, 9.17) is 11.6 Å². The highest BCUT2D eigenvalue weighted by Gasteiger charge is 2.59. The molecule has 1 fully saturated rings. The van der Waals surface area contributed by atoms with Gasteiger partial charge >= 0.3 is 0 Å². The van der Waals surface area contributed by atoms with Crippen LogP contribution in [-0.4, -0.2) is 39.7 Å². The first-order valence-corrected chi connectivity index (χ1v) is 9.83. The molecule has 2 aromatic heterocycles. The number of fused-ring (bicyclic) bond motifs is 3. The van der Waals surface area contributed by atoms with E-state index in [1.807, 2.05) is 29.0 Å². The second kappa shape index (κ2) is 5.90. The molecule has 7 heteroatoms. The lowest BCUT2D eigenvalue weighted by Gasteiger charge is -2.40. The van der Waals surface area contributed by atoms with E-state index in [0.717, 1.165) is 11.1 Å². The molecule has 1 unspecified atom stereocenters. The molecule has 3 aromatic rings. The fourth-order valence-corrected chi connectivity index (χ4v) is 4.91. The molecule has 0 bridgehead atoms. The lowest BCUT2D eigenvalue weighted by Crippen LogP contribution is -2.51. The van der Waals surface area contributed by atoms with Crippen molar-refractivity contribution in [3.05, 3.63) is 86.8 Å². The van der Waals surface area contributed by atoms with Crippen LogP contribution < -0.4 is 0 Å². The molecule has 0 N–H and O–H groups in total. The highest BCUT2D eigenvalue weighted by atomic mass is 35.5. The van der Waals surface area contributed by atoms with E-state index in [1.165, 1.54) is 11.3 Å². The molecule has 134 valence electrons. The van der Waals surface area contributed by atoms with E-state index >= 15 is 0 Å². The number of hydrogen-bond donors (Lipinski definition) is 0. The Bertz CT molecular complexity index is 1050. The minimum absolute atomic E-state index is 0.0806. The van der Waals surface area contributed by atoms with E-state index in [1.54, 1.807) is 40.4 Å². The van der Waals surface area contributed by atoms with Gasteiger partial charge in [0.25, 0.3) is 11.8 Å². The Morgan fingerprint density at radius 1 is 1.15 bits per heavy atom. The molecular formula is C20H14ClN3O2S. The molecule has 1 aromatic carbocycles. The summed E-state index contributed by atoms with van der Waals surface area (Å²) in [6.45, 7) is 0.920. The van der Waals surface area contributed by atoms with Crippen molar-refractivity contribution in [3.63, 3.8) is 0 Å². The number of halogens is 1. The van der Waals surface area contributed by atoms with Gasteiger partial charge < -0.3 is 9.80 Å². The van der Waals surface area contributed by atoms with Gasteiger partial charge in [0.1, 0.15) is 0 Å². The van der Waals surface area contributed by atoms with E-state index in [0.29, 0.717) is 29.2 Å². The van der Waals surface area contributed by atoms with Crippen LogP contribution >= 0.6 is 22.9 Å². The summed E-state index contributed by atoms with van der Waals surface area (Å²) in [5, 5.41) is 4.32. The van der Waals surface area contributed by atoms with E-state index in [9.17, 15) is 9.59 Å². The van der Waals surface area contributed by atoms with Gasteiger partial charge in [-0.15, -0.1) is 0 Å². The van der Waals surface area contributed by atoms with Gasteiger partial charge in [-0.1, -0.05) is 23.7 Å². The summed E-state index contributed by atoms with van der Waals surface area (Å²) in [7, 11) is 0. The van der Waals surface area contributed by atoms with Crippen LogP contribution in [-0.2, 0) is 5.66 Å². The Labute approximate surface area is 164 Å². The summed E-state index contributed by atoms with van der Waals surface area (Å²) in [5.74, 6) is -0.179. The predicted molar refractivity (Wildman–Crippen MR) is 103 cm³/mol. The highest BCUT2D eigenvalue weighted by Crippen LogP contribution is 2.49. The minimum atomic E-state index is -0.996. The van der Waals surface area contributed by atoms with Crippen LogP contribution in [0.5, 0.6) is 0 Å². The van der Waals surface area contributed by atoms with Crippen molar-refractivity contribution in [2.24, 2.45) is 0 Å². The normalized spacial score (nSPS) is 20.7. The van der Waals surface area contributed by atoms with Crippen molar-refractivity contribution >= 4 is 34.8 Å². The molecule has 1 atom stereocenters. The maximum absolute atomic E-state index is 13.4. The summed E-state index contributed by atoms with van der Waals surface area (Å²) in [5.41, 5.74) is 1.78. The molecule has 2 amide bonds. The number of benzene rings is 1. The van der Waals surface area contributed by atoms with E-state index < -0.39 is 5.66 Å². The van der Waals surface area contributed by atoms with Crippen LogP contribution in [0, 0.1) is 0 Å². The number of nitrogens with zero attached hydrogens (tertiary/aromatic N) is 3. The summed E-state index contributed by atoms with van der Waals surface area (Å²) >= 11 is 7.57. The molecule has 0 radical (unpaired) electrons. The van der Waals surface area contributed by atoms with Gasteiger partial charge in [-0.2, -0.15) is 11.3 Å². The summed E-state index contributed by atoms with van der Waals surface area (Å²) < 4.78 is 0. The zero-order chi connectivity index (χ0) is 18.6. The maximum Gasteiger partial charge on any atom is 0.257 e. The monoisotopic (exact) mass is 395 g/mol. The van der Waals surface area contributed by atoms with Gasteiger partial charge in [-0.25, -0.2) is 0 Å². The van der Waals surface area contributed by atoms with Gasteiger partial charge in [0.2, 0.25) is 0 Å². The van der Waals surface area contributed by atoms with Crippen LogP contribution in [0.25, 0.3) is 0 Å². The van der Waals surface area contributed by atoms with Gasteiger partial charge in [-0.3, -0.25) is 14.6 Å². The van der Waals surface area contributed by atoms with Crippen molar-refractivity contribution in [1.29, 1.82) is 0 Å². The largest absolute Gasteiger partial charge is 0.306 e. The molecule has 1 saturated heterocycles. The number of thiophene rings is 1. The topological polar surface area (TPSA) is 53.5 Å². The van der Waals surface area contributed by atoms with Crippen molar-refractivity contribution in [1.82, 2.24) is 14.8 Å². The zero-order valence-electron chi connectivity index (χ0n) is 14.1. The smallest absolute Gasteiger partial charge is 0.257 e. The average molecular weight is 396 g/mol. The third kappa shape index (κ3) is 2.14. The average Bonchev–Trinajstić information content (AvgIpc) is 3.40. The molecule has 5 nitrogen and oxygen atoms in total. The van der Waals surface area contributed by atoms with Crippen LogP contribution in [0.2, 0.25) is 5.02 Å². The van der Waals surface area contributed by atoms with Gasteiger partial charge in [0.15, 0.2) is 5.66 Å². The van der Waals surface area contributed by atoms with E-state index in [2.05, 4.69) is 4.98 Å². The molecule has 27 heavy (non-hydrogen) atoms. The number of carbonyl (C=O) groups is 2. The number of amides is 2. The van der Waals surface area contributed by atoms with Gasteiger partial charge in [0, 0.05) is 47.0 Å². The number of rotatable bonds is 2. The number of hydrogen-bond acceptors (Lipinski definition) is 4. The van der Waals surface area contributed by atoms with Crippen molar-refractivity contribution in [3.8, 4) is 0 Å². The first-order valence-electron chi connectivity index (χ1n) is 8.50. The maximum atomic E-state index is 13.4. The molecule has 0 spiro atoms. The molecule has 0 saturated carbocycles. The fourth-order valence-electron chi connectivity index (χ4n) is 4.15. The fraction of sp³-hybridized carbons (Fsp3) is 0.150. The second-order valence-corrected chi connectivity index (χ2v) is 7.74. The standard InChI is InChI=1S/C20H14ClN3O2S/c21-15-3-1-14(2-4-15)20-17-11-22-7-5-16(17)19(26)24(20)9-8-23(20)18(25)13-6-10-27-12-13/h1-7,10-12H,8-9H2. The Hall–Kier alpha value is -2.70. The Balaban J connectivity index is 1.78. The predicted octanol–water partition coefficient (Wildman–Crippen LogP) is 3.61. The second-order valence-electron chi connectivity index (χ2n) is 6.53. The lowest BCUT2D eigenvalue weighted by molar-refractivity contribution is 0.0375. The van der Waals surface area contributed by atoms with Crippen LogP contribution in [0.4, 0.5) is 0 Å². The number of aromatic nitrogens is 1. The number of carbonyl (C=O) groups excluding carboxylic acids is 2. The molecule has 5 rings (SSSR count). The minimum Gasteiger partial charge on any atom is -0.306 e. The molecule has 2 aliphatic heterocycles. The van der Waals surface area contributed by atoms with Gasteiger partial charge in [-0.05, 0) is 29.6 Å². The molecule has 4 heterocycles. The van der Waals surface area contributed by atoms with Crippen LogP contribution in [0.1, 0.15) is 31.8 Å². The summed E-state index contributed by atoms with van der Waals surface area (Å²) in [6.07, 6.45) is 3.31. The van der Waals surface area contributed by atoms with Crippen molar-refractivity contribution in [2.75, 3.05) is 13.1 Å². The third-order valence-electron chi connectivity index (χ3n) is 5.26. The van der Waals surface area contributed by atoms with E-state index in [-0.39, 0.29) is 11.8 Å².